The number of halogens is 2. The Kier molecular flexibility index (Phi) is 7.53. The summed E-state index contributed by atoms with van der Waals surface area (Å²) in [6.07, 6.45) is 1.27. The summed E-state index contributed by atoms with van der Waals surface area (Å²) in [6.45, 7) is 0. The molecule has 0 fully saturated rings. The number of carbonyl (C=O) groups is 3. The molecule has 0 aliphatic heterocycles. The molecule has 0 heterocycles. The first-order valence-corrected chi connectivity index (χ1v) is 10.1. The van der Waals surface area contributed by atoms with Crippen molar-refractivity contribution in [2.75, 3.05) is 5.32 Å². The van der Waals surface area contributed by atoms with Crippen molar-refractivity contribution in [2.24, 2.45) is 5.10 Å². The average Bonchev–Trinajstić information content (AvgIpc) is 2.77. The van der Waals surface area contributed by atoms with Gasteiger partial charge in [0.05, 0.1) is 11.8 Å². The molecule has 0 aliphatic rings. The highest BCUT2D eigenvalue weighted by Gasteiger charge is 2.14. The number of ether oxygens (including phenoxy) is 1. The van der Waals surface area contributed by atoms with E-state index in [1.807, 2.05) is 0 Å². The summed E-state index contributed by atoms with van der Waals surface area (Å²) in [7, 11) is 0. The number of hydrogen-bond acceptors (Lipinski definition) is 5. The number of amides is 2. The van der Waals surface area contributed by atoms with Gasteiger partial charge in [0.15, 0.2) is 0 Å². The predicted octanol–water partition coefficient (Wildman–Crippen LogP) is 4.41. The lowest BCUT2D eigenvalue weighted by Crippen LogP contribution is -2.32. The molecule has 0 atom stereocenters. The van der Waals surface area contributed by atoms with Gasteiger partial charge in [0.25, 0.3) is 0 Å². The van der Waals surface area contributed by atoms with E-state index < -0.39 is 17.8 Å². The Morgan fingerprint density at radius 1 is 0.935 bits per heavy atom. The Balaban J connectivity index is 1.65. The molecule has 0 spiro atoms. The third kappa shape index (κ3) is 6.50. The monoisotopic (exact) mass is 499 g/mol. The Morgan fingerprint density at radius 2 is 1.65 bits per heavy atom. The number of nitrogens with one attached hydrogen (secondary N) is 2. The normalized spacial score (nSPS) is 10.5. The van der Waals surface area contributed by atoms with Crippen LogP contribution in [0.5, 0.6) is 5.75 Å². The van der Waals surface area contributed by atoms with Crippen molar-refractivity contribution in [1.29, 1.82) is 0 Å². The molecular formula is C22H15BrClN3O4. The summed E-state index contributed by atoms with van der Waals surface area (Å²) < 4.78 is 6.13. The SMILES string of the molecule is O=C(N/N=C/c1cc(Br)ccc1OC(=O)c1ccccc1)C(=O)Nc1ccc(Cl)cc1. The van der Waals surface area contributed by atoms with E-state index in [0.29, 0.717) is 26.3 Å². The lowest BCUT2D eigenvalue weighted by molar-refractivity contribution is -0.136. The molecule has 0 aliphatic carbocycles. The maximum atomic E-state index is 12.3. The van der Waals surface area contributed by atoms with Crippen molar-refractivity contribution >= 4 is 57.2 Å². The van der Waals surface area contributed by atoms with Crippen molar-refractivity contribution in [3.63, 3.8) is 0 Å². The second kappa shape index (κ2) is 10.5. The van der Waals surface area contributed by atoms with Gasteiger partial charge in [0.1, 0.15) is 5.75 Å². The largest absolute Gasteiger partial charge is 0.422 e. The second-order valence-electron chi connectivity index (χ2n) is 6.10. The van der Waals surface area contributed by atoms with Crippen LogP contribution in [0.3, 0.4) is 0 Å². The van der Waals surface area contributed by atoms with Gasteiger partial charge in [-0.25, -0.2) is 10.2 Å². The highest BCUT2D eigenvalue weighted by atomic mass is 79.9. The zero-order chi connectivity index (χ0) is 22.2. The predicted molar refractivity (Wildman–Crippen MR) is 121 cm³/mol. The van der Waals surface area contributed by atoms with Gasteiger partial charge in [-0.15, -0.1) is 0 Å². The molecule has 0 saturated heterocycles. The van der Waals surface area contributed by atoms with Crippen LogP contribution in [-0.2, 0) is 9.59 Å². The zero-order valence-electron chi connectivity index (χ0n) is 15.8. The van der Waals surface area contributed by atoms with Crippen LogP contribution in [-0.4, -0.2) is 24.0 Å². The molecule has 0 aromatic heterocycles. The first-order chi connectivity index (χ1) is 14.9. The van der Waals surface area contributed by atoms with E-state index in [1.54, 1.807) is 72.8 Å². The molecule has 0 radical (unpaired) electrons. The highest BCUT2D eigenvalue weighted by Crippen LogP contribution is 2.23. The van der Waals surface area contributed by atoms with Gasteiger partial charge in [-0.2, -0.15) is 5.10 Å². The average molecular weight is 501 g/mol. The van der Waals surface area contributed by atoms with Crippen LogP contribution in [0, 0.1) is 0 Å². The van der Waals surface area contributed by atoms with Crippen LogP contribution in [0.4, 0.5) is 5.69 Å². The van der Waals surface area contributed by atoms with Crippen LogP contribution >= 0.6 is 27.5 Å². The van der Waals surface area contributed by atoms with Crippen LogP contribution in [0.25, 0.3) is 0 Å². The third-order valence-corrected chi connectivity index (χ3v) is 4.61. The summed E-state index contributed by atoms with van der Waals surface area (Å²) in [5.74, 6) is -2.17. The first-order valence-electron chi connectivity index (χ1n) is 8.89. The van der Waals surface area contributed by atoms with Crippen LogP contribution in [0.15, 0.2) is 82.4 Å². The van der Waals surface area contributed by atoms with Crippen molar-refractivity contribution < 1.29 is 19.1 Å². The topological polar surface area (TPSA) is 96.9 Å². The van der Waals surface area contributed by atoms with Gasteiger partial charge < -0.3 is 10.1 Å². The van der Waals surface area contributed by atoms with Gasteiger partial charge in [-0.1, -0.05) is 45.7 Å². The van der Waals surface area contributed by atoms with Gasteiger partial charge in [0, 0.05) is 20.7 Å². The number of anilines is 1. The zero-order valence-corrected chi connectivity index (χ0v) is 18.2. The Labute approximate surface area is 191 Å². The quantitative estimate of drug-likeness (QED) is 0.178. The van der Waals surface area contributed by atoms with E-state index >= 15 is 0 Å². The molecule has 2 N–H and O–H groups in total. The first kappa shape index (κ1) is 22.2. The minimum atomic E-state index is -0.968. The summed E-state index contributed by atoms with van der Waals surface area (Å²) in [5, 5.41) is 6.71. The molecule has 0 bridgehead atoms. The van der Waals surface area contributed by atoms with E-state index in [2.05, 4.69) is 31.8 Å². The molecule has 3 aromatic rings. The molecule has 7 nitrogen and oxygen atoms in total. The maximum Gasteiger partial charge on any atom is 0.343 e. The van der Waals surface area contributed by atoms with E-state index in [4.69, 9.17) is 16.3 Å². The Hall–Kier alpha value is -3.49. The second-order valence-corrected chi connectivity index (χ2v) is 7.45. The summed E-state index contributed by atoms with van der Waals surface area (Å²) in [6, 6.07) is 19.7. The molecule has 0 saturated carbocycles. The van der Waals surface area contributed by atoms with Crippen LogP contribution in [0.1, 0.15) is 15.9 Å². The van der Waals surface area contributed by atoms with Crippen molar-refractivity contribution in [1.82, 2.24) is 5.43 Å². The Bertz CT molecular complexity index is 1140. The minimum Gasteiger partial charge on any atom is -0.422 e. The fourth-order valence-corrected chi connectivity index (χ4v) is 2.88. The number of rotatable bonds is 5. The van der Waals surface area contributed by atoms with Gasteiger partial charge in [-0.3, -0.25) is 9.59 Å². The number of benzene rings is 3. The Morgan fingerprint density at radius 3 is 2.35 bits per heavy atom. The molecule has 2 amide bonds. The summed E-state index contributed by atoms with van der Waals surface area (Å²) >= 11 is 9.11. The number of hydrogen-bond donors (Lipinski definition) is 2. The van der Waals surface area contributed by atoms with Gasteiger partial charge in [0.2, 0.25) is 0 Å². The van der Waals surface area contributed by atoms with Crippen LogP contribution < -0.4 is 15.5 Å². The highest BCUT2D eigenvalue weighted by molar-refractivity contribution is 9.10. The van der Waals surface area contributed by atoms with Gasteiger partial charge in [-0.05, 0) is 54.6 Å². The number of esters is 1. The summed E-state index contributed by atoms with van der Waals surface area (Å²) in [5.41, 5.74) is 3.35. The van der Waals surface area contributed by atoms with Crippen molar-refractivity contribution in [3.8, 4) is 5.75 Å². The molecule has 3 rings (SSSR count). The minimum absolute atomic E-state index is 0.237. The summed E-state index contributed by atoms with van der Waals surface area (Å²) in [4.78, 5) is 36.2. The fourth-order valence-electron chi connectivity index (χ4n) is 2.38. The molecule has 3 aromatic carbocycles. The van der Waals surface area contributed by atoms with E-state index in [9.17, 15) is 14.4 Å². The number of carbonyl (C=O) groups excluding carboxylic acids is 3. The fraction of sp³-hybridized carbons (Fsp3) is 0. The molecule has 9 heteroatoms. The molecule has 31 heavy (non-hydrogen) atoms. The van der Waals surface area contributed by atoms with Crippen molar-refractivity contribution in [3.05, 3.63) is 93.4 Å². The molecule has 156 valence electrons. The third-order valence-electron chi connectivity index (χ3n) is 3.86. The maximum absolute atomic E-state index is 12.3. The number of hydrazone groups is 1. The van der Waals surface area contributed by atoms with E-state index in [1.165, 1.54) is 6.21 Å². The lowest BCUT2D eigenvalue weighted by atomic mass is 10.2. The standard InChI is InChI=1S/C22H15BrClN3O4/c23-16-6-11-19(31-22(30)14-4-2-1-3-5-14)15(12-16)13-25-27-21(29)20(28)26-18-9-7-17(24)8-10-18/h1-13H,(H,26,28)(H,27,29)/b25-13+. The van der Waals surface area contributed by atoms with Gasteiger partial charge >= 0.3 is 17.8 Å². The molecule has 0 unspecified atom stereocenters. The van der Waals surface area contributed by atoms with E-state index in [-0.39, 0.29) is 5.75 Å². The number of nitrogens with zero attached hydrogens (tertiary/aromatic N) is 1. The smallest absolute Gasteiger partial charge is 0.343 e. The van der Waals surface area contributed by atoms with Crippen LogP contribution in [0.2, 0.25) is 5.02 Å². The lowest BCUT2D eigenvalue weighted by Gasteiger charge is -2.08. The molecular weight excluding hydrogens is 486 g/mol. The van der Waals surface area contributed by atoms with E-state index in [0.717, 1.165) is 0 Å². The van der Waals surface area contributed by atoms with Crippen molar-refractivity contribution in [2.45, 2.75) is 0 Å².